The molecule has 3 heterocycles. The van der Waals surface area contributed by atoms with Crippen molar-refractivity contribution < 1.29 is 0 Å². The number of aromatic nitrogens is 2. The molecular weight excluding hydrogens is 332 g/mol. The third-order valence-corrected chi connectivity index (χ3v) is 6.30. The van der Waals surface area contributed by atoms with Gasteiger partial charge in [0.15, 0.2) is 0 Å². The summed E-state index contributed by atoms with van der Waals surface area (Å²) in [5.74, 6) is 0.943. The van der Waals surface area contributed by atoms with Gasteiger partial charge in [0.25, 0.3) is 0 Å². The molecule has 0 bridgehead atoms. The fourth-order valence-electron chi connectivity index (χ4n) is 4.83. The molecular formula is C23H32N4. The average Bonchev–Trinajstić information content (AvgIpc) is 3.09. The van der Waals surface area contributed by atoms with Crippen molar-refractivity contribution in [2.75, 3.05) is 32.7 Å². The molecule has 0 saturated carbocycles. The van der Waals surface area contributed by atoms with Gasteiger partial charge in [-0.3, -0.25) is 4.90 Å². The van der Waals surface area contributed by atoms with Crippen molar-refractivity contribution in [3.63, 3.8) is 0 Å². The summed E-state index contributed by atoms with van der Waals surface area (Å²) in [5, 5.41) is 0. The molecule has 1 unspecified atom stereocenters. The Labute approximate surface area is 163 Å². The Bertz CT molecular complexity index is 715. The van der Waals surface area contributed by atoms with Gasteiger partial charge in [0.05, 0.1) is 0 Å². The van der Waals surface area contributed by atoms with Crippen LogP contribution in [0, 0.1) is 5.41 Å². The molecule has 4 nitrogen and oxygen atoms in total. The Kier molecular flexibility index (Phi) is 5.84. The number of rotatable bonds is 6. The molecule has 0 radical (unpaired) electrons. The van der Waals surface area contributed by atoms with E-state index in [-0.39, 0.29) is 0 Å². The molecule has 144 valence electrons. The van der Waals surface area contributed by atoms with Crippen LogP contribution in [-0.4, -0.2) is 52.5 Å². The number of hydrogen-bond acceptors (Lipinski definition) is 4. The van der Waals surface area contributed by atoms with Crippen molar-refractivity contribution >= 4 is 0 Å². The van der Waals surface area contributed by atoms with Crippen LogP contribution in [0.2, 0.25) is 0 Å². The van der Waals surface area contributed by atoms with Gasteiger partial charge in [-0.2, -0.15) is 0 Å². The van der Waals surface area contributed by atoms with Crippen molar-refractivity contribution in [3.8, 4) is 0 Å². The minimum absolute atomic E-state index is 0.499. The van der Waals surface area contributed by atoms with Gasteiger partial charge in [-0.1, -0.05) is 37.3 Å². The summed E-state index contributed by atoms with van der Waals surface area (Å²) in [7, 11) is 0. The minimum atomic E-state index is 0.499. The molecule has 0 aliphatic carbocycles. The van der Waals surface area contributed by atoms with Crippen LogP contribution in [0.5, 0.6) is 0 Å². The Hall–Kier alpha value is -1.78. The maximum Gasteiger partial charge on any atom is 0.127 e. The van der Waals surface area contributed by atoms with E-state index in [1.807, 2.05) is 12.4 Å². The van der Waals surface area contributed by atoms with E-state index >= 15 is 0 Å². The van der Waals surface area contributed by atoms with E-state index in [9.17, 15) is 0 Å². The molecule has 2 fully saturated rings. The monoisotopic (exact) mass is 364 g/mol. The first-order valence-corrected chi connectivity index (χ1v) is 10.5. The third-order valence-electron chi connectivity index (χ3n) is 6.30. The molecule has 27 heavy (non-hydrogen) atoms. The molecule has 1 aromatic heterocycles. The second kappa shape index (κ2) is 8.49. The fraction of sp³-hybridized carbons (Fsp3) is 0.565. The average molecular weight is 365 g/mol. The first-order valence-electron chi connectivity index (χ1n) is 10.5. The van der Waals surface area contributed by atoms with E-state index in [1.165, 1.54) is 69.5 Å². The number of likely N-dealkylation sites (tertiary alicyclic amines) is 2. The molecule has 2 aliphatic rings. The van der Waals surface area contributed by atoms with Crippen LogP contribution in [0.3, 0.4) is 0 Å². The van der Waals surface area contributed by atoms with Gasteiger partial charge in [0.2, 0.25) is 0 Å². The second-order valence-corrected chi connectivity index (χ2v) is 8.44. The maximum absolute atomic E-state index is 4.46. The molecule has 0 N–H and O–H groups in total. The van der Waals surface area contributed by atoms with Crippen LogP contribution in [0.1, 0.15) is 43.1 Å². The van der Waals surface area contributed by atoms with Crippen molar-refractivity contribution in [3.05, 3.63) is 59.7 Å². The van der Waals surface area contributed by atoms with Gasteiger partial charge in [0, 0.05) is 50.6 Å². The summed E-state index contributed by atoms with van der Waals surface area (Å²) in [5.41, 5.74) is 3.21. The van der Waals surface area contributed by atoms with Crippen LogP contribution in [0.4, 0.5) is 0 Å². The normalized spacial score (nSPS) is 23.9. The van der Waals surface area contributed by atoms with Crippen LogP contribution >= 0.6 is 0 Å². The lowest BCUT2D eigenvalue weighted by Crippen LogP contribution is -2.45. The lowest BCUT2D eigenvalue weighted by Gasteiger charge is -2.40. The first kappa shape index (κ1) is 18.6. The van der Waals surface area contributed by atoms with Crippen LogP contribution in [-0.2, 0) is 19.4 Å². The standard InChI is InChI=1S/C23H32N4/c1-2-22-24-15-21(16-25-22)17-27-14-11-23(19-27)10-6-12-26(18-23)13-9-20-7-4-3-5-8-20/h3-5,7-8,15-16H,2,6,9-14,17-19H2,1H3. The highest BCUT2D eigenvalue weighted by atomic mass is 15.2. The van der Waals surface area contributed by atoms with Crippen LogP contribution in [0.25, 0.3) is 0 Å². The predicted molar refractivity (Wildman–Crippen MR) is 110 cm³/mol. The number of hydrogen-bond donors (Lipinski definition) is 0. The van der Waals surface area contributed by atoms with E-state index in [4.69, 9.17) is 0 Å². The topological polar surface area (TPSA) is 32.3 Å². The quantitative estimate of drug-likeness (QED) is 0.784. The zero-order valence-electron chi connectivity index (χ0n) is 16.6. The Morgan fingerprint density at radius 3 is 2.48 bits per heavy atom. The fourth-order valence-corrected chi connectivity index (χ4v) is 4.83. The predicted octanol–water partition coefficient (Wildman–Crippen LogP) is 3.57. The molecule has 2 saturated heterocycles. The second-order valence-electron chi connectivity index (χ2n) is 8.44. The summed E-state index contributed by atoms with van der Waals surface area (Å²) in [6.45, 7) is 9.26. The van der Waals surface area contributed by atoms with E-state index in [1.54, 1.807) is 0 Å². The SMILES string of the molecule is CCc1ncc(CN2CCC3(CCCN(CCc4ccccc4)C3)C2)cn1. The molecule has 2 aromatic rings. The number of piperidine rings is 1. The van der Waals surface area contributed by atoms with Crippen LogP contribution in [0.15, 0.2) is 42.7 Å². The summed E-state index contributed by atoms with van der Waals surface area (Å²) in [6, 6.07) is 10.9. The van der Waals surface area contributed by atoms with Gasteiger partial charge < -0.3 is 4.90 Å². The molecule has 1 spiro atoms. The Morgan fingerprint density at radius 1 is 0.926 bits per heavy atom. The van der Waals surface area contributed by atoms with Crippen molar-refractivity contribution in [2.45, 2.75) is 45.6 Å². The minimum Gasteiger partial charge on any atom is -0.302 e. The van der Waals surface area contributed by atoms with Gasteiger partial charge >= 0.3 is 0 Å². The lowest BCUT2D eigenvalue weighted by molar-refractivity contribution is 0.0928. The molecule has 2 aliphatic heterocycles. The van der Waals surface area contributed by atoms with E-state index < -0.39 is 0 Å². The third kappa shape index (κ3) is 4.74. The number of nitrogens with zero attached hydrogens (tertiary/aromatic N) is 4. The van der Waals surface area contributed by atoms with Gasteiger partial charge in [-0.25, -0.2) is 9.97 Å². The maximum atomic E-state index is 4.46. The summed E-state index contributed by atoms with van der Waals surface area (Å²) in [6.07, 6.45) is 10.2. The highest BCUT2D eigenvalue weighted by Crippen LogP contribution is 2.39. The highest BCUT2D eigenvalue weighted by Gasteiger charge is 2.40. The van der Waals surface area contributed by atoms with Crippen molar-refractivity contribution in [1.29, 1.82) is 0 Å². The largest absolute Gasteiger partial charge is 0.302 e. The summed E-state index contributed by atoms with van der Waals surface area (Å²) >= 11 is 0. The molecule has 4 rings (SSSR count). The smallest absolute Gasteiger partial charge is 0.127 e. The van der Waals surface area contributed by atoms with Crippen molar-refractivity contribution in [2.24, 2.45) is 5.41 Å². The van der Waals surface area contributed by atoms with Crippen molar-refractivity contribution in [1.82, 2.24) is 19.8 Å². The van der Waals surface area contributed by atoms with Gasteiger partial charge in [0.1, 0.15) is 5.82 Å². The molecule has 1 aromatic carbocycles. The Balaban J connectivity index is 1.30. The van der Waals surface area contributed by atoms with E-state index in [2.05, 4.69) is 57.0 Å². The molecule has 1 atom stereocenters. The summed E-state index contributed by atoms with van der Waals surface area (Å²) < 4.78 is 0. The lowest BCUT2D eigenvalue weighted by atomic mass is 9.79. The first-order chi connectivity index (χ1) is 13.2. The Morgan fingerprint density at radius 2 is 1.70 bits per heavy atom. The number of aryl methyl sites for hydroxylation is 1. The van der Waals surface area contributed by atoms with Crippen LogP contribution < -0.4 is 0 Å². The zero-order valence-corrected chi connectivity index (χ0v) is 16.6. The van der Waals surface area contributed by atoms with Gasteiger partial charge in [-0.05, 0) is 49.8 Å². The van der Waals surface area contributed by atoms with Gasteiger partial charge in [-0.15, -0.1) is 0 Å². The van der Waals surface area contributed by atoms with E-state index in [0.29, 0.717) is 5.41 Å². The van der Waals surface area contributed by atoms with E-state index in [0.717, 1.165) is 18.8 Å². The number of benzene rings is 1. The molecule has 0 amide bonds. The summed E-state index contributed by atoms with van der Waals surface area (Å²) in [4.78, 5) is 14.2. The highest BCUT2D eigenvalue weighted by molar-refractivity contribution is 5.15. The zero-order chi connectivity index (χ0) is 18.5. The molecule has 4 heteroatoms.